The van der Waals surface area contributed by atoms with E-state index in [0.29, 0.717) is 23.1 Å². The van der Waals surface area contributed by atoms with Crippen molar-refractivity contribution < 1.29 is 14.1 Å². The van der Waals surface area contributed by atoms with Crippen LogP contribution in [0.3, 0.4) is 0 Å². The number of hydrogen-bond acceptors (Lipinski definition) is 5. The number of hydrogen-bond donors (Lipinski definition) is 0. The third-order valence-electron chi connectivity index (χ3n) is 6.57. The van der Waals surface area contributed by atoms with Gasteiger partial charge in [0, 0.05) is 30.7 Å². The number of carbonyl (C=O) groups is 1. The van der Waals surface area contributed by atoms with E-state index >= 15 is 0 Å². The van der Waals surface area contributed by atoms with Gasteiger partial charge in [0.1, 0.15) is 17.9 Å². The summed E-state index contributed by atoms with van der Waals surface area (Å²) < 4.78 is 11.3. The van der Waals surface area contributed by atoms with Crippen LogP contribution in [-0.2, 0) is 6.61 Å². The minimum atomic E-state index is -0.0323. The molecule has 1 aliphatic heterocycles. The first kappa shape index (κ1) is 19.1. The molecule has 6 heteroatoms. The van der Waals surface area contributed by atoms with Gasteiger partial charge in [0.2, 0.25) is 0 Å². The molecule has 2 aromatic heterocycles. The van der Waals surface area contributed by atoms with E-state index in [0.717, 1.165) is 36.3 Å². The minimum absolute atomic E-state index is 0.0323. The van der Waals surface area contributed by atoms with Crippen molar-refractivity contribution in [2.24, 2.45) is 11.8 Å². The van der Waals surface area contributed by atoms with Crippen LogP contribution in [0.1, 0.15) is 54.8 Å². The van der Waals surface area contributed by atoms with Crippen molar-refractivity contribution in [1.82, 2.24) is 15.0 Å². The molecule has 2 fully saturated rings. The summed E-state index contributed by atoms with van der Waals surface area (Å²) in [5, 5.41) is 5.03. The Morgan fingerprint density at radius 3 is 2.87 bits per heavy atom. The predicted octanol–water partition coefficient (Wildman–Crippen LogP) is 4.84. The fourth-order valence-electron chi connectivity index (χ4n) is 4.95. The number of amides is 1. The molecule has 6 nitrogen and oxygen atoms in total. The topological polar surface area (TPSA) is 68.5 Å². The number of likely N-dealkylation sites (tertiary alicyclic amines) is 1. The Hall–Kier alpha value is -2.89. The first-order valence-electron chi connectivity index (χ1n) is 11.0. The average Bonchev–Trinajstić information content (AvgIpc) is 3.48. The Labute approximate surface area is 176 Å². The SMILES string of the molecule is O=C(c1cc(COc2cccc3cccnc23)on1)N1CC[C@H](C2CCCCC2)C1. The van der Waals surface area contributed by atoms with Gasteiger partial charge in [-0.3, -0.25) is 9.78 Å². The van der Waals surface area contributed by atoms with E-state index in [1.54, 1.807) is 12.3 Å². The molecule has 2 aliphatic rings. The van der Waals surface area contributed by atoms with Crippen LogP contribution in [0, 0.1) is 11.8 Å². The van der Waals surface area contributed by atoms with Crippen molar-refractivity contribution in [3.05, 3.63) is 54.0 Å². The maximum absolute atomic E-state index is 12.9. The molecule has 156 valence electrons. The second-order valence-corrected chi connectivity index (χ2v) is 8.50. The molecule has 1 saturated heterocycles. The van der Waals surface area contributed by atoms with Crippen molar-refractivity contribution in [2.75, 3.05) is 13.1 Å². The molecule has 3 aromatic rings. The number of rotatable bonds is 5. The molecule has 0 spiro atoms. The van der Waals surface area contributed by atoms with E-state index in [1.807, 2.05) is 35.2 Å². The minimum Gasteiger partial charge on any atom is -0.483 e. The second kappa shape index (κ2) is 8.46. The van der Waals surface area contributed by atoms with Gasteiger partial charge in [-0.2, -0.15) is 0 Å². The van der Waals surface area contributed by atoms with Gasteiger partial charge in [0.05, 0.1) is 0 Å². The largest absolute Gasteiger partial charge is 0.483 e. The summed E-state index contributed by atoms with van der Waals surface area (Å²) in [6, 6.07) is 11.4. The standard InChI is InChI=1S/C24H27N3O3/c28-24(27-13-11-19(15-27)17-6-2-1-3-7-17)21-14-20(30-26-21)16-29-22-10-4-8-18-9-5-12-25-23(18)22/h4-5,8-10,12,14,17,19H,1-3,6-7,11,13,15-16H2/t19-/m0/s1. The monoisotopic (exact) mass is 405 g/mol. The summed E-state index contributed by atoms with van der Waals surface area (Å²) in [7, 11) is 0. The molecule has 1 aromatic carbocycles. The van der Waals surface area contributed by atoms with Crippen molar-refractivity contribution in [3.8, 4) is 5.75 Å². The van der Waals surface area contributed by atoms with Gasteiger partial charge in [-0.25, -0.2) is 0 Å². The number of para-hydroxylation sites is 1. The van der Waals surface area contributed by atoms with Crippen LogP contribution >= 0.6 is 0 Å². The zero-order valence-electron chi connectivity index (χ0n) is 17.1. The Kier molecular flexibility index (Phi) is 5.39. The van der Waals surface area contributed by atoms with E-state index in [4.69, 9.17) is 9.26 Å². The number of nitrogens with zero attached hydrogens (tertiary/aromatic N) is 3. The lowest BCUT2D eigenvalue weighted by Gasteiger charge is -2.27. The highest BCUT2D eigenvalue weighted by Gasteiger charge is 2.33. The predicted molar refractivity (Wildman–Crippen MR) is 113 cm³/mol. The van der Waals surface area contributed by atoms with E-state index in [2.05, 4.69) is 10.1 Å². The van der Waals surface area contributed by atoms with Gasteiger partial charge in [-0.1, -0.05) is 55.5 Å². The quantitative estimate of drug-likeness (QED) is 0.607. The van der Waals surface area contributed by atoms with Crippen LogP contribution in [0.15, 0.2) is 47.1 Å². The summed E-state index contributed by atoms with van der Waals surface area (Å²) >= 11 is 0. The fraction of sp³-hybridized carbons (Fsp3) is 0.458. The maximum atomic E-state index is 12.9. The first-order valence-corrected chi connectivity index (χ1v) is 11.0. The number of pyridine rings is 1. The lowest BCUT2D eigenvalue weighted by molar-refractivity contribution is 0.0769. The van der Waals surface area contributed by atoms with Gasteiger partial charge in [0.25, 0.3) is 5.91 Å². The lowest BCUT2D eigenvalue weighted by Crippen LogP contribution is -2.30. The molecular formula is C24H27N3O3. The second-order valence-electron chi connectivity index (χ2n) is 8.50. The molecule has 30 heavy (non-hydrogen) atoms. The average molecular weight is 405 g/mol. The van der Waals surface area contributed by atoms with E-state index < -0.39 is 0 Å². The molecule has 5 rings (SSSR count). The van der Waals surface area contributed by atoms with E-state index in [1.165, 1.54) is 32.1 Å². The van der Waals surface area contributed by atoms with Crippen LogP contribution in [0.5, 0.6) is 5.75 Å². The van der Waals surface area contributed by atoms with Gasteiger partial charge >= 0.3 is 0 Å². The highest BCUT2D eigenvalue weighted by Crippen LogP contribution is 2.35. The molecule has 0 N–H and O–H groups in total. The van der Waals surface area contributed by atoms with E-state index in [-0.39, 0.29) is 12.5 Å². The highest BCUT2D eigenvalue weighted by atomic mass is 16.5. The Morgan fingerprint density at radius 2 is 1.97 bits per heavy atom. The first-order chi connectivity index (χ1) is 14.8. The highest BCUT2D eigenvalue weighted by molar-refractivity contribution is 5.92. The zero-order chi connectivity index (χ0) is 20.3. The molecule has 1 amide bonds. The molecule has 0 bridgehead atoms. The van der Waals surface area contributed by atoms with Gasteiger partial charge < -0.3 is 14.2 Å². The van der Waals surface area contributed by atoms with Crippen molar-refractivity contribution in [3.63, 3.8) is 0 Å². The summed E-state index contributed by atoms with van der Waals surface area (Å²) in [5.74, 6) is 2.62. The van der Waals surface area contributed by atoms with Crippen molar-refractivity contribution >= 4 is 16.8 Å². The number of ether oxygens (including phenoxy) is 1. The molecule has 0 radical (unpaired) electrons. The number of carbonyl (C=O) groups excluding carboxylic acids is 1. The third kappa shape index (κ3) is 3.91. The maximum Gasteiger partial charge on any atom is 0.276 e. The molecule has 3 heterocycles. The molecule has 0 unspecified atom stereocenters. The Morgan fingerprint density at radius 1 is 1.10 bits per heavy atom. The molecule has 1 saturated carbocycles. The summed E-state index contributed by atoms with van der Waals surface area (Å²) in [6.07, 6.45) is 9.55. The summed E-state index contributed by atoms with van der Waals surface area (Å²) in [4.78, 5) is 19.2. The van der Waals surface area contributed by atoms with Crippen molar-refractivity contribution in [1.29, 1.82) is 0 Å². The third-order valence-corrected chi connectivity index (χ3v) is 6.57. The van der Waals surface area contributed by atoms with Crippen LogP contribution < -0.4 is 4.74 Å². The Bertz CT molecular complexity index is 1020. The normalized spacial score (nSPS) is 20.0. The van der Waals surface area contributed by atoms with Crippen LogP contribution in [0.25, 0.3) is 10.9 Å². The van der Waals surface area contributed by atoms with Gasteiger partial charge in [0.15, 0.2) is 11.5 Å². The number of aromatic nitrogens is 2. The summed E-state index contributed by atoms with van der Waals surface area (Å²) in [5.41, 5.74) is 1.18. The molecule has 1 atom stereocenters. The summed E-state index contributed by atoms with van der Waals surface area (Å²) in [6.45, 7) is 1.88. The zero-order valence-corrected chi connectivity index (χ0v) is 17.1. The number of benzene rings is 1. The smallest absolute Gasteiger partial charge is 0.276 e. The van der Waals surface area contributed by atoms with Gasteiger partial charge in [-0.15, -0.1) is 0 Å². The molecular weight excluding hydrogens is 378 g/mol. The fourth-order valence-corrected chi connectivity index (χ4v) is 4.95. The van der Waals surface area contributed by atoms with E-state index in [9.17, 15) is 4.79 Å². The van der Waals surface area contributed by atoms with Crippen LogP contribution in [0.4, 0.5) is 0 Å². The van der Waals surface area contributed by atoms with Gasteiger partial charge in [-0.05, 0) is 30.4 Å². The van der Waals surface area contributed by atoms with Crippen LogP contribution in [0.2, 0.25) is 0 Å². The van der Waals surface area contributed by atoms with Crippen LogP contribution in [-0.4, -0.2) is 34.0 Å². The molecule has 1 aliphatic carbocycles. The number of fused-ring (bicyclic) bond motifs is 1. The lowest BCUT2D eigenvalue weighted by atomic mass is 9.80. The Balaban J connectivity index is 1.20. The van der Waals surface area contributed by atoms with Crippen molar-refractivity contribution in [2.45, 2.75) is 45.1 Å².